The lowest BCUT2D eigenvalue weighted by Crippen LogP contribution is -2.50. The van der Waals surface area contributed by atoms with E-state index in [4.69, 9.17) is 5.73 Å². The van der Waals surface area contributed by atoms with Crippen molar-refractivity contribution >= 4 is 5.91 Å². The number of benzene rings is 1. The number of rotatable bonds is 5. The van der Waals surface area contributed by atoms with Gasteiger partial charge in [0, 0.05) is 6.04 Å². The zero-order valence-corrected chi connectivity index (χ0v) is 12.9. The molecular weight excluding hydrogens is 255 g/mol. The second-order valence-electron chi connectivity index (χ2n) is 5.84. The van der Waals surface area contributed by atoms with Crippen LogP contribution in [0, 0.1) is 11.7 Å². The van der Waals surface area contributed by atoms with Crippen LogP contribution in [0.5, 0.6) is 0 Å². The highest BCUT2D eigenvalue weighted by molar-refractivity contribution is 5.82. The Bertz CT molecular complexity index is 442. The van der Waals surface area contributed by atoms with Gasteiger partial charge < -0.3 is 10.6 Å². The molecule has 0 heterocycles. The summed E-state index contributed by atoms with van der Waals surface area (Å²) in [6, 6.07) is 5.64. The van der Waals surface area contributed by atoms with Crippen LogP contribution >= 0.6 is 0 Å². The zero-order chi connectivity index (χ0) is 15.4. The number of nitrogens with zero attached hydrogens (tertiary/aromatic N) is 1. The second kappa shape index (κ2) is 6.84. The quantitative estimate of drug-likeness (QED) is 0.901. The first-order chi connectivity index (χ1) is 9.25. The molecule has 0 aromatic heterocycles. The highest BCUT2D eigenvalue weighted by atomic mass is 19.1. The molecule has 1 aromatic carbocycles. The number of carbonyl (C=O) groups is 1. The molecule has 0 aliphatic rings. The fourth-order valence-corrected chi connectivity index (χ4v) is 2.25. The normalized spacial score (nSPS) is 14.4. The third kappa shape index (κ3) is 3.79. The minimum atomic E-state index is -0.514. The molecule has 2 unspecified atom stereocenters. The molecule has 2 N–H and O–H groups in total. The van der Waals surface area contributed by atoms with E-state index in [1.54, 1.807) is 17.0 Å². The largest absolute Gasteiger partial charge is 0.332 e. The predicted octanol–water partition coefficient (Wildman–Crippen LogP) is 3.11. The van der Waals surface area contributed by atoms with Gasteiger partial charge in [-0.25, -0.2) is 4.39 Å². The van der Waals surface area contributed by atoms with Crippen molar-refractivity contribution in [2.75, 3.05) is 0 Å². The molecule has 0 saturated carbocycles. The Labute approximate surface area is 121 Å². The smallest absolute Gasteiger partial charge is 0.240 e. The Balaban J connectivity index is 3.01. The van der Waals surface area contributed by atoms with Gasteiger partial charge in [0.1, 0.15) is 5.82 Å². The van der Waals surface area contributed by atoms with Crippen molar-refractivity contribution in [3.8, 4) is 0 Å². The maximum absolute atomic E-state index is 13.0. The van der Waals surface area contributed by atoms with E-state index in [1.165, 1.54) is 12.1 Å². The van der Waals surface area contributed by atoms with Gasteiger partial charge in [0.25, 0.3) is 0 Å². The van der Waals surface area contributed by atoms with Crippen molar-refractivity contribution < 1.29 is 9.18 Å². The maximum Gasteiger partial charge on any atom is 0.240 e. The Morgan fingerprint density at radius 1 is 1.10 bits per heavy atom. The van der Waals surface area contributed by atoms with Crippen LogP contribution in [-0.2, 0) is 4.79 Å². The molecule has 3 nitrogen and oxygen atoms in total. The van der Waals surface area contributed by atoms with Gasteiger partial charge in [-0.3, -0.25) is 4.79 Å². The second-order valence-corrected chi connectivity index (χ2v) is 5.84. The summed E-state index contributed by atoms with van der Waals surface area (Å²) in [5.74, 6) is -0.252. The van der Waals surface area contributed by atoms with Crippen LogP contribution in [0.4, 0.5) is 4.39 Å². The van der Waals surface area contributed by atoms with Gasteiger partial charge in [0.2, 0.25) is 5.91 Å². The van der Waals surface area contributed by atoms with Gasteiger partial charge in [-0.2, -0.15) is 0 Å². The molecule has 112 valence electrons. The monoisotopic (exact) mass is 280 g/mol. The number of amides is 1. The van der Waals surface area contributed by atoms with E-state index < -0.39 is 6.04 Å². The minimum Gasteiger partial charge on any atom is -0.332 e. The van der Waals surface area contributed by atoms with Crippen molar-refractivity contribution in [3.63, 3.8) is 0 Å². The van der Waals surface area contributed by atoms with E-state index in [-0.39, 0.29) is 29.7 Å². The van der Waals surface area contributed by atoms with Crippen LogP contribution in [-0.4, -0.2) is 22.9 Å². The lowest BCUT2D eigenvalue weighted by atomic mass is 9.99. The fourth-order valence-electron chi connectivity index (χ4n) is 2.25. The number of hydrogen-bond donors (Lipinski definition) is 1. The SMILES string of the molecule is CC(C)C(N)C(=O)N(C(C)C)C(C)c1ccc(F)cc1. The molecule has 0 aliphatic heterocycles. The number of carbonyl (C=O) groups excluding carboxylic acids is 1. The van der Waals surface area contributed by atoms with Crippen LogP contribution in [0.25, 0.3) is 0 Å². The van der Waals surface area contributed by atoms with E-state index in [9.17, 15) is 9.18 Å². The van der Waals surface area contributed by atoms with Crippen molar-refractivity contribution in [1.29, 1.82) is 0 Å². The lowest BCUT2D eigenvalue weighted by molar-refractivity contribution is -0.137. The topological polar surface area (TPSA) is 46.3 Å². The fraction of sp³-hybridized carbons (Fsp3) is 0.562. The molecule has 0 saturated heterocycles. The van der Waals surface area contributed by atoms with Crippen LogP contribution in [0.2, 0.25) is 0 Å². The molecule has 20 heavy (non-hydrogen) atoms. The van der Waals surface area contributed by atoms with Crippen molar-refractivity contribution in [2.24, 2.45) is 11.7 Å². The third-order valence-corrected chi connectivity index (χ3v) is 3.58. The van der Waals surface area contributed by atoms with Gasteiger partial charge in [0.15, 0.2) is 0 Å². The third-order valence-electron chi connectivity index (χ3n) is 3.58. The Hall–Kier alpha value is -1.42. The first-order valence-corrected chi connectivity index (χ1v) is 7.09. The van der Waals surface area contributed by atoms with Gasteiger partial charge in [-0.1, -0.05) is 26.0 Å². The summed E-state index contributed by atoms with van der Waals surface area (Å²) in [7, 11) is 0. The Morgan fingerprint density at radius 2 is 1.60 bits per heavy atom. The standard InChI is InChI=1S/C16H25FN2O/c1-10(2)15(18)16(20)19(11(3)4)12(5)13-6-8-14(17)9-7-13/h6-12,15H,18H2,1-5H3. The maximum atomic E-state index is 13.0. The molecule has 0 spiro atoms. The zero-order valence-electron chi connectivity index (χ0n) is 12.9. The number of halogens is 1. The summed E-state index contributed by atoms with van der Waals surface area (Å²) in [4.78, 5) is 14.3. The van der Waals surface area contributed by atoms with E-state index in [0.29, 0.717) is 0 Å². The summed E-state index contributed by atoms with van der Waals surface area (Å²) in [6.45, 7) is 9.74. The molecule has 0 bridgehead atoms. The van der Waals surface area contributed by atoms with E-state index >= 15 is 0 Å². The molecule has 4 heteroatoms. The number of nitrogens with two attached hydrogens (primary N) is 1. The Morgan fingerprint density at radius 3 is 2.00 bits per heavy atom. The summed E-state index contributed by atoms with van der Waals surface area (Å²) >= 11 is 0. The van der Waals surface area contributed by atoms with Crippen LogP contribution in [0.3, 0.4) is 0 Å². The highest BCUT2D eigenvalue weighted by Gasteiger charge is 2.29. The molecule has 0 radical (unpaired) electrons. The molecule has 1 amide bonds. The van der Waals surface area contributed by atoms with E-state index in [1.807, 2.05) is 34.6 Å². The summed E-state index contributed by atoms with van der Waals surface area (Å²) < 4.78 is 13.0. The van der Waals surface area contributed by atoms with Crippen molar-refractivity contribution in [1.82, 2.24) is 4.90 Å². The van der Waals surface area contributed by atoms with Gasteiger partial charge in [0.05, 0.1) is 12.1 Å². The van der Waals surface area contributed by atoms with Crippen LogP contribution in [0.15, 0.2) is 24.3 Å². The van der Waals surface area contributed by atoms with Crippen LogP contribution in [0.1, 0.15) is 46.2 Å². The molecule has 0 fully saturated rings. The predicted molar refractivity (Wildman–Crippen MR) is 79.6 cm³/mol. The van der Waals surface area contributed by atoms with E-state index in [2.05, 4.69) is 0 Å². The summed E-state index contributed by atoms with van der Waals surface area (Å²) in [5, 5.41) is 0. The van der Waals surface area contributed by atoms with Crippen LogP contribution < -0.4 is 5.73 Å². The average Bonchev–Trinajstić information content (AvgIpc) is 2.37. The molecule has 2 atom stereocenters. The Kier molecular flexibility index (Phi) is 5.69. The molecule has 0 aliphatic carbocycles. The first-order valence-electron chi connectivity index (χ1n) is 7.09. The van der Waals surface area contributed by atoms with Gasteiger partial charge in [-0.15, -0.1) is 0 Å². The highest BCUT2D eigenvalue weighted by Crippen LogP contribution is 2.24. The molecule has 1 rings (SSSR count). The number of hydrogen-bond acceptors (Lipinski definition) is 2. The summed E-state index contributed by atoms with van der Waals surface area (Å²) in [6.07, 6.45) is 0. The first kappa shape index (κ1) is 16.6. The van der Waals surface area contributed by atoms with Crippen molar-refractivity contribution in [2.45, 2.75) is 52.7 Å². The minimum absolute atomic E-state index is 0.0346. The van der Waals surface area contributed by atoms with Crippen molar-refractivity contribution in [3.05, 3.63) is 35.6 Å². The van der Waals surface area contributed by atoms with E-state index in [0.717, 1.165) is 5.56 Å². The molecule has 1 aromatic rings. The molecular formula is C16H25FN2O. The summed E-state index contributed by atoms with van der Waals surface area (Å²) in [5.41, 5.74) is 6.89. The lowest BCUT2D eigenvalue weighted by Gasteiger charge is -2.36. The van der Waals surface area contributed by atoms with Gasteiger partial charge >= 0.3 is 0 Å². The average molecular weight is 280 g/mol. The van der Waals surface area contributed by atoms with Gasteiger partial charge in [-0.05, 0) is 44.4 Å².